The zero-order chi connectivity index (χ0) is 18.2. The van der Waals surface area contributed by atoms with Gasteiger partial charge in [0.05, 0.1) is 5.25 Å². The van der Waals surface area contributed by atoms with E-state index in [1.165, 1.54) is 22.5 Å². The van der Waals surface area contributed by atoms with Crippen LogP contribution in [0.1, 0.15) is 18.1 Å². The summed E-state index contributed by atoms with van der Waals surface area (Å²) < 4.78 is 0.855. The minimum atomic E-state index is -0.153. The highest BCUT2D eigenvalue weighted by Crippen LogP contribution is 2.28. The zero-order valence-corrected chi connectivity index (χ0v) is 16.7. The summed E-state index contributed by atoms with van der Waals surface area (Å²) in [5.74, 6) is 1.61. The number of amides is 1. The summed E-state index contributed by atoms with van der Waals surface area (Å²) in [6.07, 6.45) is 0. The first-order valence-corrected chi connectivity index (χ1v) is 11.0. The smallest absolute Gasteiger partial charge is 0.239 e. The van der Waals surface area contributed by atoms with Gasteiger partial charge in [-0.15, -0.1) is 22.0 Å². The Morgan fingerprint density at radius 2 is 1.62 bits per heavy atom. The molecule has 0 aliphatic carbocycles. The second-order valence-electron chi connectivity index (χ2n) is 5.58. The Bertz CT molecular complexity index is 824. The Balaban J connectivity index is 1.46. The van der Waals surface area contributed by atoms with E-state index in [1.54, 1.807) is 23.5 Å². The quantitative estimate of drug-likeness (QED) is 0.421. The van der Waals surface area contributed by atoms with Gasteiger partial charge < -0.3 is 0 Å². The van der Waals surface area contributed by atoms with Crippen LogP contribution in [0.2, 0.25) is 0 Å². The van der Waals surface area contributed by atoms with Crippen molar-refractivity contribution in [3.63, 3.8) is 0 Å². The maximum absolute atomic E-state index is 12.3. The predicted molar refractivity (Wildman–Crippen MR) is 112 cm³/mol. The molecule has 0 saturated heterocycles. The third-order valence-electron chi connectivity index (χ3n) is 3.55. The first-order valence-electron chi connectivity index (χ1n) is 8.17. The Hall–Kier alpha value is -1.83. The maximum atomic E-state index is 12.3. The third-order valence-corrected chi connectivity index (χ3v) is 6.81. The number of benzene rings is 2. The average Bonchev–Trinajstić information content (AvgIpc) is 3.13. The number of nitrogens with zero attached hydrogens (tertiary/aromatic N) is 2. The number of aromatic nitrogens is 2. The van der Waals surface area contributed by atoms with Crippen LogP contribution in [-0.2, 0) is 16.3 Å². The van der Waals surface area contributed by atoms with Crippen molar-refractivity contribution in [1.29, 1.82) is 0 Å². The van der Waals surface area contributed by atoms with Crippen LogP contribution in [0.15, 0.2) is 65.0 Å². The Kier molecular flexibility index (Phi) is 7.11. The molecule has 2 aromatic carbocycles. The van der Waals surface area contributed by atoms with Crippen LogP contribution in [-0.4, -0.2) is 21.4 Å². The SMILES string of the molecule is C[C@@H](SCc1ccccc1)C(=O)Nc1nnc(SCc2ccccc2)s1. The molecule has 1 heterocycles. The summed E-state index contributed by atoms with van der Waals surface area (Å²) in [6, 6.07) is 20.4. The van der Waals surface area contributed by atoms with Crippen molar-refractivity contribution < 1.29 is 4.79 Å². The lowest BCUT2D eigenvalue weighted by Crippen LogP contribution is -2.22. The minimum Gasteiger partial charge on any atom is -0.300 e. The van der Waals surface area contributed by atoms with E-state index in [0.29, 0.717) is 5.13 Å². The topological polar surface area (TPSA) is 54.9 Å². The maximum Gasteiger partial charge on any atom is 0.239 e. The Labute approximate surface area is 165 Å². The van der Waals surface area contributed by atoms with Crippen molar-refractivity contribution in [2.75, 3.05) is 5.32 Å². The summed E-state index contributed by atoms with van der Waals surface area (Å²) in [7, 11) is 0. The zero-order valence-electron chi connectivity index (χ0n) is 14.3. The first kappa shape index (κ1) is 18.9. The molecule has 134 valence electrons. The van der Waals surface area contributed by atoms with E-state index < -0.39 is 0 Å². The molecule has 0 fully saturated rings. The molecule has 0 spiro atoms. The normalized spacial score (nSPS) is 11.9. The fourth-order valence-electron chi connectivity index (χ4n) is 2.12. The van der Waals surface area contributed by atoms with E-state index in [0.717, 1.165) is 15.8 Å². The lowest BCUT2D eigenvalue weighted by Gasteiger charge is -2.10. The van der Waals surface area contributed by atoms with Gasteiger partial charge >= 0.3 is 0 Å². The molecule has 0 unspecified atom stereocenters. The lowest BCUT2D eigenvalue weighted by atomic mass is 10.2. The predicted octanol–water partition coefficient (Wildman–Crippen LogP) is 5.09. The highest BCUT2D eigenvalue weighted by molar-refractivity contribution is 8.00. The number of carbonyl (C=O) groups is 1. The van der Waals surface area contributed by atoms with Gasteiger partial charge in [-0.2, -0.15) is 0 Å². The molecule has 4 nitrogen and oxygen atoms in total. The standard InChI is InChI=1S/C19H19N3OS3/c1-14(24-12-15-8-4-2-5-9-15)17(23)20-18-21-22-19(26-18)25-13-16-10-6-3-7-11-16/h2-11,14H,12-13H2,1H3,(H,20,21,23)/t14-/m1/s1. The van der Waals surface area contributed by atoms with E-state index in [1.807, 2.05) is 43.3 Å². The molecule has 3 rings (SSSR count). The van der Waals surface area contributed by atoms with Gasteiger partial charge in [-0.05, 0) is 18.1 Å². The Morgan fingerprint density at radius 1 is 1.00 bits per heavy atom. The molecule has 26 heavy (non-hydrogen) atoms. The fourth-order valence-corrected chi connectivity index (χ4v) is 4.67. The molecule has 0 saturated carbocycles. The highest BCUT2D eigenvalue weighted by Gasteiger charge is 2.16. The summed E-state index contributed by atoms with van der Waals surface area (Å²) >= 11 is 4.65. The fraction of sp³-hybridized carbons (Fsp3) is 0.211. The van der Waals surface area contributed by atoms with E-state index in [-0.39, 0.29) is 11.2 Å². The van der Waals surface area contributed by atoms with Crippen LogP contribution >= 0.6 is 34.9 Å². The number of thioether (sulfide) groups is 2. The van der Waals surface area contributed by atoms with Crippen molar-refractivity contribution >= 4 is 45.9 Å². The van der Waals surface area contributed by atoms with Gasteiger partial charge in [-0.25, -0.2) is 0 Å². The molecule has 1 aromatic heterocycles. The molecule has 0 aliphatic rings. The number of hydrogen-bond donors (Lipinski definition) is 1. The average molecular weight is 402 g/mol. The molecular formula is C19H19N3OS3. The largest absolute Gasteiger partial charge is 0.300 e. The number of anilines is 1. The molecule has 1 N–H and O–H groups in total. The number of nitrogens with one attached hydrogen (secondary N) is 1. The van der Waals surface area contributed by atoms with Crippen LogP contribution in [0.5, 0.6) is 0 Å². The van der Waals surface area contributed by atoms with Crippen molar-refractivity contribution in [1.82, 2.24) is 10.2 Å². The van der Waals surface area contributed by atoms with E-state index in [4.69, 9.17) is 0 Å². The molecular weight excluding hydrogens is 382 g/mol. The summed E-state index contributed by atoms with van der Waals surface area (Å²) in [4.78, 5) is 12.3. The van der Waals surface area contributed by atoms with Gasteiger partial charge in [0.15, 0.2) is 4.34 Å². The summed E-state index contributed by atoms with van der Waals surface area (Å²) in [6.45, 7) is 1.91. The van der Waals surface area contributed by atoms with Crippen LogP contribution in [0.25, 0.3) is 0 Å². The minimum absolute atomic E-state index is 0.0401. The number of hydrogen-bond acceptors (Lipinski definition) is 6. The van der Waals surface area contributed by atoms with Crippen molar-refractivity contribution in [3.05, 3.63) is 71.8 Å². The molecule has 0 bridgehead atoms. The second kappa shape index (κ2) is 9.75. The van der Waals surface area contributed by atoms with E-state index in [2.05, 4.69) is 39.8 Å². The van der Waals surface area contributed by atoms with E-state index in [9.17, 15) is 4.79 Å². The molecule has 1 atom stereocenters. The van der Waals surface area contributed by atoms with Crippen LogP contribution in [0, 0.1) is 0 Å². The third kappa shape index (κ3) is 5.86. The number of carbonyl (C=O) groups excluding carboxylic acids is 1. The summed E-state index contributed by atoms with van der Waals surface area (Å²) in [5, 5.41) is 11.5. The first-order chi connectivity index (χ1) is 12.7. The Morgan fingerprint density at radius 3 is 2.27 bits per heavy atom. The van der Waals surface area contributed by atoms with Gasteiger partial charge in [0.1, 0.15) is 0 Å². The van der Waals surface area contributed by atoms with Crippen LogP contribution in [0.4, 0.5) is 5.13 Å². The van der Waals surface area contributed by atoms with Gasteiger partial charge in [-0.1, -0.05) is 83.8 Å². The van der Waals surface area contributed by atoms with Gasteiger partial charge in [0.25, 0.3) is 0 Å². The van der Waals surface area contributed by atoms with Crippen molar-refractivity contribution in [2.24, 2.45) is 0 Å². The number of rotatable bonds is 8. The monoisotopic (exact) mass is 401 g/mol. The van der Waals surface area contributed by atoms with E-state index >= 15 is 0 Å². The van der Waals surface area contributed by atoms with Gasteiger partial charge in [0.2, 0.25) is 11.0 Å². The summed E-state index contributed by atoms with van der Waals surface area (Å²) in [5.41, 5.74) is 2.46. The second-order valence-corrected chi connectivity index (χ2v) is 9.10. The highest BCUT2D eigenvalue weighted by atomic mass is 32.2. The lowest BCUT2D eigenvalue weighted by molar-refractivity contribution is -0.115. The molecule has 3 aromatic rings. The van der Waals surface area contributed by atoms with Gasteiger partial charge in [0, 0.05) is 11.5 Å². The van der Waals surface area contributed by atoms with Crippen molar-refractivity contribution in [3.8, 4) is 0 Å². The molecule has 7 heteroatoms. The molecule has 0 aliphatic heterocycles. The van der Waals surface area contributed by atoms with Crippen LogP contribution < -0.4 is 5.32 Å². The molecule has 1 amide bonds. The van der Waals surface area contributed by atoms with Crippen LogP contribution in [0.3, 0.4) is 0 Å². The van der Waals surface area contributed by atoms with Crippen molar-refractivity contribution in [2.45, 2.75) is 28.0 Å². The molecule has 0 radical (unpaired) electrons. The van der Waals surface area contributed by atoms with Gasteiger partial charge in [-0.3, -0.25) is 10.1 Å².